The molecular formula is C8H15F3N2O2. The van der Waals surface area contributed by atoms with E-state index in [4.69, 9.17) is 10.8 Å². The maximum Gasteiger partial charge on any atom is 0.401 e. The van der Waals surface area contributed by atoms with Gasteiger partial charge in [0.25, 0.3) is 0 Å². The first-order chi connectivity index (χ1) is 6.76. The van der Waals surface area contributed by atoms with E-state index in [0.29, 0.717) is 0 Å². The highest BCUT2D eigenvalue weighted by Crippen LogP contribution is 2.16. The molecule has 0 aliphatic carbocycles. The molecule has 0 fully saturated rings. The number of nitrogens with two attached hydrogens (primary N) is 1. The largest absolute Gasteiger partial charge is 0.401 e. The zero-order valence-corrected chi connectivity index (χ0v) is 8.42. The summed E-state index contributed by atoms with van der Waals surface area (Å²) >= 11 is 0. The third-order valence-corrected chi connectivity index (χ3v) is 1.84. The molecule has 4 nitrogen and oxygen atoms in total. The van der Waals surface area contributed by atoms with Crippen LogP contribution < -0.4 is 5.73 Å². The molecule has 0 bridgehead atoms. The summed E-state index contributed by atoms with van der Waals surface area (Å²) in [6, 6.07) is 0. The maximum atomic E-state index is 12.0. The van der Waals surface area contributed by atoms with E-state index < -0.39 is 24.5 Å². The molecule has 0 saturated carbocycles. The Balaban J connectivity index is 4.21. The van der Waals surface area contributed by atoms with Crippen LogP contribution in [-0.2, 0) is 4.79 Å². The minimum absolute atomic E-state index is 0.102. The number of primary amides is 1. The van der Waals surface area contributed by atoms with Gasteiger partial charge < -0.3 is 10.8 Å². The van der Waals surface area contributed by atoms with E-state index in [1.54, 1.807) is 0 Å². The molecule has 0 aliphatic heterocycles. The molecule has 0 aromatic rings. The number of rotatable bonds is 6. The number of aliphatic hydroxyl groups excluding tert-OH is 1. The van der Waals surface area contributed by atoms with Crippen molar-refractivity contribution in [1.82, 2.24) is 4.90 Å². The molecule has 1 amide bonds. The summed E-state index contributed by atoms with van der Waals surface area (Å²) in [6.07, 6.45) is -4.34. The van der Waals surface area contributed by atoms with Crippen molar-refractivity contribution in [3.05, 3.63) is 0 Å². The number of hydrogen-bond acceptors (Lipinski definition) is 3. The first kappa shape index (κ1) is 14.2. The number of nitrogens with zero attached hydrogens (tertiary/aromatic N) is 1. The SMILES string of the molecule is CC(CN(CCO)CC(F)(F)F)C(N)=O. The van der Waals surface area contributed by atoms with Gasteiger partial charge in [0.2, 0.25) is 5.91 Å². The predicted octanol–water partition coefficient (Wildman–Crippen LogP) is -0.0356. The first-order valence-corrected chi connectivity index (χ1v) is 4.45. The molecule has 0 spiro atoms. The van der Waals surface area contributed by atoms with E-state index in [-0.39, 0.29) is 19.7 Å². The van der Waals surface area contributed by atoms with Crippen molar-refractivity contribution in [3.8, 4) is 0 Å². The monoisotopic (exact) mass is 228 g/mol. The molecule has 0 saturated heterocycles. The van der Waals surface area contributed by atoms with Crippen LogP contribution in [0, 0.1) is 5.92 Å². The van der Waals surface area contributed by atoms with Crippen LogP contribution >= 0.6 is 0 Å². The number of carbonyl (C=O) groups is 1. The van der Waals surface area contributed by atoms with Crippen LogP contribution in [0.2, 0.25) is 0 Å². The van der Waals surface area contributed by atoms with Gasteiger partial charge in [0.1, 0.15) is 0 Å². The summed E-state index contributed by atoms with van der Waals surface area (Å²) in [5.74, 6) is -1.32. The van der Waals surface area contributed by atoms with E-state index in [1.165, 1.54) is 6.92 Å². The lowest BCUT2D eigenvalue weighted by Crippen LogP contribution is -2.41. The summed E-state index contributed by atoms with van der Waals surface area (Å²) in [5.41, 5.74) is 4.93. The van der Waals surface area contributed by atoms with Crippen molar-refractivity contribution in [3.63, 3.8) is 0 Å². The molecule has 15 heavy (non-hydrogen) atoms. The Morgan fingerprint density at radius 3 is 2.40 bits per heavy atom. The van der Waals surface area contributed by atoms with Crippen molar-refractivity contribution < 1.29 is 23.1 Å². The lowest BCUT2D eigenvalue weighted by Gasteiger charge is -2.24. The fraction of sp³-hybridized carbons (Fsp3) is 0.875. The fourth-order valence-corrected chi connectivity index (χ4v) is 1.11. The van der Waals surface area contributed by atoms with Crippen LogP contribution in [0.15, 0.2) is 0 Å². The second kappa shape index (κ2) is 5.92. The molecule has 0 aliphatic rings. The lowest BCUT2D eigenvalue weighted by atomic mass is 10.1. The van der Waals surface area contributed by atoms with Gasteiger partial charge in [-0.05, 0) is 0 Å². The highest BCUT2D eigenvalue weighted by atomic mass is 19.4. The number of aliphatic hydroxyl groups is 1. The van der Waals surface area contributed by atoms with Crippen LogP contribution in [0.3, 0.4) is 0 Å². The van der Waals surface area contributed by atoms with E-state index in [0.717, 1.165) is 4.90 Å². The van der Waals surface area contributed by atoms with Crippen LogP contribution in [0.5, 0.6) is 0 Å². The molecule has 0 radical (unpaired) electrons. The number of amides is 1. The normalized spacial score (nSPS) is 14.3. The van der Waals surface area contributed by atoms with Gasteiger partial charge in [-0.3, -0.25) is 9.69 Å². The van der Waals surface area contributed by atoms with Crippen LogP contribution in [0.1, 0.15) is 6.92 Å². The van der Waals surface area contributed by atoms with Gasteiger partial charge in [0.15, 0.2) is 0 Å². The van der Waals surface area contributed by atoms with Crippen LogP contribution in [0.4, 0.5) is 13.2 Å². The Morgan fingerprint density at radius 1 is 1.53 bits per heavy atom. The Kier molecular flexibility index (Phi) is 5.59. The minimum Gasteiger partial charge on any atom is -0.395 e. The first-order valence-electron chi connectivity index (χ1n) is 4.45. The van der Waals surface area contributed by atoms with E-state index in [9.17, 15) is 18.0 Å². The third kappa shape index (κ3) is 7.15. The van der Waals surface area contributed by atoms with Crippen molar-refractivity contribution in [1.29, 1.82) is 0 Å². The Hall–Kier alpha value is -0.820. The topological polar surface area (TPSA) is 66.6 Å². The number of alkyl halides is 3. The number of halogens is 3. The lowest BCUT2D eigenvalue weighted by molar-refractivity contribution is -0.149. The molecule has 7 heteroatoms. The van der Waals surface area contributed by atoms with Crippen LogP contribution in [-0.4, -0.2) is 48.3 Å². The smallest absolute Gasteiger partial charge is 0.395 e. The molecule has 0 rings (SSSR count). The fourth-order valence-electron chi connectivity index (χ4n) is 1.11. The predicted molar refractivity (Wildman–Crippen MR) is 47.9 cm³/mol. The van der Waals surface area contributed by atoms with Crippen molar-refractivity contribution in [2.75, 3.05) is 26.2 Å². The van der Waals surface area contributed by atoms with E-state index in [2.05, 4.69) is 0 Å². The quantitative estimate of drug-likeness (QED) is 0.670. The van der Waals surface area contributed by atoms with Crippen LogP contribution in [0.25, 0.3) is 0 Å². The van der Waals surface area contributed by atoms with E-state index in [1.807, 2.05) is 0 Å². The van der Waals surface area contributed by atoms with Gasteiger partial charge in [0.05, 0.1) is 13.2 Å². The number of hydrogen-bond donors (Lipinski definition) is 2. The van der Waals surface area contributed by atoms with Gasteiger partial charge in [0, 0.05) is 19.0 Å². The van der Waals surface area contributed by atoms with Gasteiger partial charge in [-0.1, -0.05) is 6.92 Å². The Morgan fingerprint density at radius 2 is 2.07 bits per heavy atom. The van der Waals surface area contributed by atoms with Crippen molar-refractivity contribution in [2.24, 2.45) is 11.7 Å². The molecular weight excluding hydrogens is 213 g/mol. The second-order valence-electron chi connectivity index (χ2n) is 3.38. The standard InChI is InChI=1S/C8H15F3N2O2/c1-6(7(12)15)4-13(2-3-14)5-8(9,10)11/h6,14H,2-5H2,1H3,(H2,12,15). The van der Waals surface area contributed by atoms with Gasteiger partial charge in [-0.25, -0.2) is 0 Å². The highest BCUT2D eigenvalue weighted by Gasteiger charge is 2.31. The molecule has 0 heterocycles. The highest BCUT2D eigenvalue weighted by molar-refractivity contribution is 5.76. The molecule has 1 atom stereocenters. The van der Waals surface area contributed by atoms with E-state index >= 15 is 0 Å². The average molecular weight is 228 g/mol. The molecule has 0 aromatic carbocycles. The summed E-state index contributed by atoms with van der Waals surface area (Å²) in [6.45, 7) is -0.317. The molecule has 1 unspecified atom stereocenters. The number of carbonyl (C=O) groups excluding carboxylic acids is 1. The van der Waals surface area contributed by atoms with Gasteiger partial charge in [-0.2, -0.15) is 13.2 Å². The zero-order valence-electron chi connectivity index (χ0n) is 8.42. The Bertz CT molecular complexity index is 209. The molecule has 90 valence electrons. The zero-order chi connectivity index (χ0) is 12.1. The average Bonchev–Trinajstić information content (AvgIpc) is 2.00. The maximum absolute atomic E-state index is 12.0. The molecule has 3 N–H and O–H groups in total. The van der Waals surface area contributed by atoms with Gasteiger partial charge in [-0.15, -0.1) is 0 Å². The summed E-state index contributed by atoms with van der Waals surface area (Å²) in [5, 5.41) is 8.56. The minimum atomic E-state index is -4.34. The summed E-state index contributed by atoms with van der Waals surface area (Å²) in [7, 11) is 0. The second-order valence-corrected chi connectivity index (χ2v) is 3.38. The van der Waals surface area contributed by atoms with Crippen molar-refractivity contribution >= 4 is 5.91 Å². The Labute approximate surface area is 85.8 Å². The summed E-state index contributed by atoms with van der Waals surface area (Å²) in [4.78, 5) is 11.6. The third-order valence-electron chi connectivity index (χ3n) is 1.84. The summed E-state index contributed by atoms with van der Waals surface area (Å²) < 4.78 is 36.1. The molecule has 0 aromatic heterocycles. The van der Waals surface area contributed by atoms with Crippen molar-refractivity contribution in [2.45, 2.75) is 13.1 Å². The van der Waals surface area contributed by atoms with Gasteiger partial charge >= 0.3 is 6.18 Å².